The van der Waals surface area contributed by atoms with Gasteiger partial charge in [0.15, 0.2) is 17.5 Å². The van der Waals surface area contributed by atoms with Crippen LogP contribution in [-0.2, 0) is 19.1 Å². The number of nitrogens with zero attached hydrogens (tertiary/aromatic N) is 3. The van der Waals surface area contributed by atoms with Gasteiger partial charge in [-0.25, -0.2) is 19.7 Å². The Morgan fingerprint density at radius 1 is 0.776 bits per heavy atom. The van der Waals surface area contributed by atoms with Crippen molar-refractivity contribution in [3.63, 3.8) is 0 Å². The molecule has 10 heteroatoms. The van der Waals surface area contributed by atoms with Crippen LogP contribution in [-0.4, -0.2) is 63.0 Å². The van der Waals surface area contributed by atoms with Crippen molar-refractivity contribution in [1.82, 2.24) is 15.0 Å². The Morgan fingerprint density at radius 2 is 1.33 bits per heavy atom. The van der Waals surface area contributed by atoms with Crippen LogP contribution in [0.1, 0.15) is 60.4 Å². The predicted octanol–water partition coefficient (Wildman–Crippen LogP) is 7.08. The number of carbonyl (C=O) groups excluding carboxylic acids is 2. The fraction of sp³-hybridized carbons (Fsp3) is 0.359. The van der Waals surface area contributed by atoms with Gasteiger partial charge >= 0.3 is 11.9 Å². The second-order valence-corrected chi connectivity index (χ2v) is 12.4. The molecule has 0 aliphatic heterocycles. The van der Waals surface area contributed by atoms with E-state index in [0.717, 1.165) is 33.4 Å². The normalized spacial score (nSPS) is 11.7. The number of hydrogen-bond acceptors (Lipinski definition) is 10. The lowest BCUT2D eigenvalue weighted by Gasteiger charge is -2.14. The first kappa shape index (κ1) is 36.9. The maximum atomic E-state index is 12.6. The summed E-state index contributed by atoms with van der Waals surface area (Å²) >= 11 is 0. The van der Waals surface area contributed by atoms with Gasteiger partial charge in [-0.05, 0) is 77.6 Å². The van der Waals surface area contributed by atoms with E-state index in [0.29, 0.717) is 54.5 Å². The number of phenols is 1. The van der Waals surface area contributed by atoms with Crippen molar-refractivity contribution in [3.05, 3.63) is 88.5 Å². The van der Waals surface area contributed by atoms with Crippen molar-refractivity contribution >= 4 is 11.9 Å². The highest BCUT2D eigenvalue weighted by Crippen LogP contribution is 2.37. The first-order chi connectivity index (χ1) is 23.3. The smallest absolute Gasteiger partial charge is 0.333 e. The van der Waals surface area contributed by atoms with E-state index in [9.17, 15) is 19.8 Å². The summed E-state index contributed by atoms with van der Waals surface area (Å²) in [6.45, 7) is 15.1. The standard InChI is InChI=1S/C39H45N3O7/c1-23(2)39(46)48-22-29(43)21-47-18-10-8-9-11-34(44)49-33-17-16-32(35(45)28(33)7)38-41-36(30-14-12-24(3)19-26(30)5)40-37(42-38)31-15-13-25(4)20-27(31)6/h12-17,19-20,29,43,45H,1,8-11,18,21-22H2,2-7H3. The summed E-state index contributed by atoms with van der Waals surface area (Å²) in [5, 5.41) is 21.2. The third kappa shape index (κ3) is 10.0. The molecule has 0 amide bonds. The SMILES string of the molecule is C=C(C)C(=O)OCC(O)COCCCCCC(=O)Oc1ccc(-c2nc(-c3ccc(C)cc3C)nc(-c3ccc(C)cc3C)n2)c(O)c1C. The van der Waals surface area contributed by atoms with Gasteiger partial charge in [0, 0.05) is 35.3 Å². The van der Waals surface area contributed by atoms with Gasteiger partial charge in [0.2, 0.25) is 0 Å². The molecular formula is C39H45N3O7. The Labute approximate surface area is 287 Å². The van der Waals surface area contributed by atoms with E-state index < -0.39 is 18.0 Å². The molecular weight excluding hydrogens is 622 g/mol. The molecule has 49 heavy (non-hydrogen) atoms. The molecule has 258 valence electrons. The molecule has 0 saturated carbocycles. The van der Waals surface area contributed by atoms with Crippen LogP contribution in [0.5, 0.6) is 11.5 Å². The van der Waals surface area contributed by atoms with Crippen molar-refractivity contribution in [1.29, 1.82) is 0 Å². The second-order valence-electron chi connectivity index (χ2n) is 12.4. The first-order valence-electron chi connectivity index (χ1n) is 16.4. The van der Waals surface area contributed by atoms with E-state index in [1.165, 1.54) is 6.92 Å². The van der Waals surface area contributed by atoms with Gasteiger partial charge in [-0.15, -0.1) is 0 Å². The van der Waals surface area contributed by atoms with Crippen LogP contribution >= 0.6 is 0 Å². The van der Waals surface area contributed by atoms with Gasteiger partial charge in [0.1, 0.15) is 24.2 Å². The average Bonchev–Trinajstić information content (AvgIpc) is 3.05. The van der Waals surface area contributed by atoms with E-state index in [4.69, 9.17) is 29.2 Å². The molecule has 1 unspecified atom stereocenters. The number of aromatic hydroxyl groups is 1. The van der Waals surface area contributed by atoms with E-state index in [2.05, 4.69) is 18.7 Å². The Hall–Kier alpha value is -4.93. The summed E-state index contributed by atoms with van der Waals surface area (Å²) in [5.74, 6) is 0.505. The number of aromatic nitrogens is 3. The van der Waals surface area contributed by atoms with Crippen LogP contribution in [0.15, 0.2) is 60.7 Å². The Balaban J connectivity index is 1.41. The third-order valence-electron chi connectivity index (χ3n) is 7.96. The fourth-order valence-corrected chi connectivity index (χ4v) is 5.23. The van der Waals surface area contributed by atoms with Gasteiger partial charge in [-0.3, -0.25) is 4.79 Å². The largest absolute Gasteiger partial charge is 0.507 e. The van der Waals surface area contributed by atoms with Gasteiger partial charge in [0.25, 0.3) is 0 Å². The number of benzene rings is 3. The van der Waals surface area contributed by atoms with Gasteiger partial charge < -0.3 is 24.4 Å². The van der Waals surface area contributed by atoms with Crippen molar-refractivity contribution < 1.29 is 34.0 Å². The van der Waals surface area contributed by atoms with Crippen molar-refractivity contribution in [2.75, 3.05) is 19.8 Å². The topological polar surface area (TPSA) is 141 Å². The average molecular weight is 668 g/mol. The van der Waals surface area contributed by atoms with Crippen molar-refractivity contribution in [3.8, 4) is 45.7 Å². The highest BCUT2D eigenvalue weighted by Gasteiger charge is 2.20. The fourth-order valence-electron chi connectivity index (χ4n) is 5.23. The summed E-state index contributed by atoms with van der Waals surface area (Å²) in [4.78, 5) is 38.5. The molecule has 4 rings (SSSR count). The monoisotopic (exact) mass is 667 g/mol. The van der Waals surface area contributed by atoms with Crippen LogP contribution in [0.3, 0.4) is 0 Å². The van der Waals surface area contributed by atoms with Crippen molar-refractivity contribution in [2.24, 2.45) is 0 Å². The number of aliphatic hydroxyl groups excluding tert-OH is 1. The third-order valence-corrected chi connectivity index (χ3v) is 7.96. The number of esters is 2. The van der Waals surface area contributed by atoms with Crippen LogP contribution in [0.2, 0.25) is 0 Å². The number of phenolic OH excluding ortho intramolecular Hbond substituents is 1. The highest BCUT2D eigenvalue weighted by atomic mass is 16.5. The first-order valence-corrected chi connectivity index (χ1v) is 16.4. The Morgan fingerprint density at radius 3 is 1.88 bits per heavy atom. The Bertz CT molecular complexity index is 1770. The van der Waals surface area contributed by atoms with Crippen LogP contribution in [0.25, 0.3) is 34.2 Å². The number of ether oxygens (including phenoxy) is 3. The molecule has 0 fully saturated rings. The quantitative estimate of drug-likeness (QED) is 0.0585. The molecule has 3 aromatic carbocycles. The van der Waals surface area contributed by atoms with Crippen LogP contribution in [0.4, 0.5) is 0 Å². The molecule has 0 aliphatic rings. The second kappa shape index (κ2) is 16.9. The number of carbonyl (C=O) groups is 2. The van der Waals surface area contributed by atoms with Gasteiger partial charge in [-0.2, -0.15) is 0 Å². The number of hydrogen-bond donors (Lipinski definition) is 2. The lowest BCUT2D eigenvalue weighted by Crippen LogP contribution is -2.24. The minimum atomic E-state index is -0.923. The lowest BCUT2D eigenvalue weighted by atomic mass is 10.0. The molecule has 1 heterocycles. The van der Waals surface area contributed by atoms with E-state index in [1.807, 2.05) is 52.0 Å². The number of aryl methyl sites for hydroxylation is 4. The van der Waals surface area contributed by atoms with Gasteiger partial charge in [-0.1, -0.05) is 60.5 Å². The summed E-state index contributed by atoms with van der Waals surface area (Å²) in [6.07, 6.45) is 1.24. The van der Waals surface area contributed by atoms with E-state index >= 15 is 0 Å². The molecule has 10 nitrogen and oxygen atoms in total. The molecule has 0 saturated heterocycles. The lowest BCUT2D eigenvalue weighted by molar-refractivity contribution is -0.143. The molecule has 0 aliphatic carbocycles. The van der Waals surface area contributed by atoms with Gasteiger partial charge in [0.05, 0.1) is 12.2 Å². The molecule has 1 aromatic heterocycles. The summed E-state index contributed by atoms with van der Waals surface area (Å²) in [6, 6.07) is 15.5. The summed E-state index contributed by atoms with van der Waals surface area (Å²) in [5.41, 5.74) is 7.11. The maximum absolute atomic E-state index is 12.6. The zero-order chi connectivity index (χ0) is 35.7. The van der Waals surface area contributed by atoms with Crippen molar-refractivity contribution in [2.45, 2.75) is 73.3 Å². The van der Waals surface area contributed by atoms with E-state index in [1.54, 1.807) is 19.1 Å². The Kier molecular flexibility index (Phi) is 12.8. The number of rotatable bonds is 15. The predicted molar refractivity (Wildman–Crippen MR) is 188 cm³/mol. The number of aliphatic hydroxyl groups is 1. The molecule has 4 aromatic rings. The summed E-state index contributed by atoms with van der Waals surface area (Å²) < 4.78 is 15.9. The van der Waals surface area contributed by atoms with Crippen LogP contribution in [0, 0.1) is 34.6 Å². The zero-order valence-corrected chi connectivity index (χ0v) is 29.1. The summed E-state index contributed by atoms with van der Waals surface area (Å²) in [7, 11) is 0. The number of unbranched alkanes of at least 4 members (excludes halogenated alkanes) is 2. The minimum Gasteiger partial charge on any atom is -0.507 e. The molecule has 0 radical (unpaired) electrons. The highest BCUT2D eigenvalue weighted by molar-refractivity contribution is 5.87. The molecule has 0 bridgehead atoms. The molecule has 0 spiro atoms. The minimum absolute atomic E-state index is 0.0363. The molecule has 1 atom stereocenters. The van der Waals surface area contributed by atoms with E-state index in [-0.39, 0.29) is 36.7 Å². The maximum Gasteiger partial charge on any atom is 0.333 e. The molecule has 2 N–H and O–H groups in total. The van der Waals surface area contributed by atoms with Crippen LogP contribution < -0.4 is 4.74 Å². The zero-order valence-electron chi connectivity index (χ0n) is 29.1.